The Labute approximate surface area is 141 Å². The monoisotopic (exact) mass is 333 g/mol. The molecule has 0 atom stereocenters. The maximum Gasteiger partial charge on any atom is 0.243 e. The van der Waals surface area contributed by atoms with Crippen molar-refractivity contribution in [1.82, 2.24) is 10.2 Å². The molecule has 7 heteroatoms. The van der Waals surface area contributed by atoms with Crippen molar-refractivity contribution < 1.29 is 19.1 Å². The Kier molecular flexibility index (Phi) is 6.17. The van der Waals surface area contributed by atoms with Crippen LogP contribution < -0.4 is 15.4 Å². The average Bonchev–Trinajstić information content (AvgIpc) is 3.42. The van der Waals surface area contributed by atoms with Crippen molar-refractivity contribution in [3.8, 4) is 5.75 Å². The Morgan fingerprint density at radius 1 is 1.17 bits per heavy atom. The first-order chi connectivity index (χ1) is 11.5. The van der Waals surface area contributed by atoms with Gasteiger partial charge in [-0.05, 0) is 37.1 Å². The van der Waals surface area contributed by atoms with Crippen molar-refractivity contribution >= 4 is 23.4 Å². The van der Waals surface area contributed by atoms with Gasteiger partial charge in [0.25, 0.3) is 0 Å². The quantitative estimate of drug-likeness (QED) is 0.747. The lowest BCUT2D eigenvalue weighted by atomic mass is 10.3. The third kappa shape index (κ3) is 5.26. The van der Waals surface area contributed by atoms with Gasteiger partial charge >= 0.3 is 0 Å². The van der Waals surface area contributed by atoms with E-state index in [0.29, 0.717) is 17.9 Å². The fourth-order valence-electron chi connectivity index (χ4n) is 2.28. The van der Waals surface area contributed by atoms with Crippen molar-refractivity contribution in [3.63, 3.8) is 0 Å². The molecule has 1 aliphatic carbocycles. The molecule has 0 heterocycles. The van der Waals surface area contributed by atoms with E-state index in [9.17, 15) is 14.4 Å². The average molecular weight is 333 g/mol. The van der Waals surface area contributed by atoms with Crippen LogP contribution in [0.1, 0.15) is 26.2 Å². The molecule has 24 heavy (non-hydrogen) atoms. The number of methoxy groups -OCH3 is 1. The van der Waals surface area contributed by atoms with Crippen LogP contribution in [0.4, 0.5) is 5.69 Å². The van der Waals surface area contributed by atoms with Gasteiger partial charge in [-0.1, -0.05) is 6.92 Å². The molecule has 1 aliphatic rings. The number of amides is 3. The van der Waals surface area contributed by atoms with Gasteiger partial charge in [-0.3, -0.25) is 14.4 Å². The summed E-state index contributed by atoms with van der Waals surface area (Å²) in [6.45, 7) is 1.65. The SMILES string of the molecule is CCC(=O)N(CC(=O)NCC(=O)Nc1ccc(OC)cc1)C1CC1. The zero-order valence-electron chi connectivity index (χ0n) is 14.0. The van der Waals surface area contributed by atoms with Crippen LogP contribution in [0.15, 0.2) is 24.3 Å². The highest BCUT2D eigenvalue weighted by molar-refractivity contribution is 5.95. The molecule has 7 nitrogen and oxygen atoms in total. The van der Waals surface area contributed by atoms with Crippen molar-refractivity contribution in [3.05, 3.63) is 24.3 Å². The Bertz CT molecular complexity index is 596. The van der Waals surface area contributed by atoms with Crippen LogP contribution in [-0.4, -0.2) is 48.9 Å². The van der Waals surface area contributed by atoms with E-state index in [1.807, 2.05) is 0 Å². The van der Waals surface area contributed by atoms with E-state index in [0.717, 1.165) is 12.8 Å². The lowest BCUT2D eigenvalue weighted by Gasteiger charge is -2.21. The van der Waals surface area contributed by atoms with Gasteiger partial charge in [0.2, 0.25) is 17.7 Å². The lowest BCUT2D eigenvalue weighted by Crippen LogP contribution is -2.43. The van der Waals surface area contributed by atoms with Crippen LogP contribution >= 0.6 is 0 Å². The first-order valence-corrected chi connectivity index (χ1v) is 8.03. The van der Waals surface area contributed by atoms with Crippen molar-refractivity contribution in [1.29, 1.82) is 0 Å². The molecule has 0 unspecified atom stereocenters. The molecule has 1 aromatic rings. The number of ether oxygens (including phenoxy) is 1. The maximum atomic E-state index is 11.9. The van der Waals surface area contributed by atoms with Gasteiger partial charge in [-0.2, -0.15) is 0 Å². The van der Waals surface area contributed by atoms with Gasteiger partial charge < -0.3 is 20.3 Å². The van der Waals surface area contributed by atoms with Gasteiger partial charge in [-0.25, -0.2) is 0 Å². The molecule has 2 N–H and O–H groups in total. The molecule has 0 radical (unpaired) electrons. The molecule has 2 rings (SSSR count). The molecule has 0 saturated heterocycles. The summed E-state index contributed by atoms with van der Waals surface area (Å²) in [7, 11) is 1.57. The minimum atomic E-state index is -0.326. The van der Waals surface area contributed by atoms with Gasteiger partial charge in [0, 0.05) is 18.2 Å². The van der Waals surface area contributed by atoms with Crippen LogP contribution in [0.2, 0.25) is 0 Å². The summed E-state index contributed by atoms with van der Waals surface area (Å²) in [6.07, 6.45) is 2.26. The number of nitrogens with zero attached hydrogens (tertiary/aromatic N) is 1. The number of hydrogen-bond donors (Lipinski definition) is 2. The van der Waals surface area contributed by atoms with Gasteiger partial charge in [0.05, 0.1) is 20.2 Å². The minimum absolute atomic E-state index is 0.00710. The van der Waals surface area contributed by atoms with E-state index in [1.54, 1.807) is 43.2 Å². The summed E-state index contributed by atoms with van der Waals surface area (Å²) in [5.41, 5.74) is 0.621. The highest BCUT2D eigenvalue weighted by Gasteiger charge is 2.32. The number of carbonyl (C=O) groups is 3. The molecule has 0 aliphatic heterocycles. The summed E-state index contributed by atoms with van der Waals surface area (Å²) in [6, 6.07) is 7.08. The van der Waals surface area contributed by atoms with E-state index < -0.39 is 0 Å². The summed E-state index contributed by atoms with van der Waals surface area (Å²) < 4.78 is 5.04. The van der Waals surface area contributed by atoms with Gasteiger partial charge in [0.15, 0.2) is 0 Å². The zero-order chi connectivity index (χ0) is 17.5. The molecular formula is C17H23N3O4. The van der Waals surface area contributed by atoms with Crippen LogP contribution in [0.5, 0.6) is 5.75 Å². The number of hydrogen-bond acceptors (Lipinski definition) is 4. The summed E-state index contributed by atoms with van der Waals surface area (Å²) in [5.74, 6) is 0.0132. The lowest BCUT2D eigenvalue weighted by molar-refractivity contribution is -0.136. The molecular weight excluding hydrogens is 310 g/mol. The normalized spacial score (nSPS) is 13.1. The van der Waals surface area contributed by atoms with Crippen LogP contribution in [0.25, 0.3) is 0 Å². The van der Waals surface area contributed by atoms with Gasteiger partial charge in [-0.15, -0.1) is 0 Å². The summed E-state index contributed by atoms with van der Waals surface area (Å²) in [5, 5.41) is 5.23. The molecule has 130 valence electrons. The van der Waals surface area contributed by atoms with Gasteiger partial charge in [0.1, 0.15) is 5.75 Å². The first kappa shape index (κ1) is 17.8. The molecule has 0 spiro atoms. The highest BCUT2D eigenvalue weighted by atomic mass is 16.5. The van der Waals surface area contributed by atoms with Crippen LogP contribution in [0, 0.1) is 0 Å². The van der Waals surface area contributed by atoms with E-state index in [4.69, 9.17) is 4.74 Å². The summed E-state index contributed by atoms with van der Waals surface area (Å²) in [4.78, 5) is 37.2. The first-order valence-electron chi connectivity index (χ1n) is 8.03. The maximum absolute atomic E-state index is 11.9. The second-order valence-electron chi connectivity index (χ2n) is 5.66. The fraction of sp³-hybridized carbons (Fsp3) is 0.471. The third-order valence-electron chi connectivity index (χ3n) is 3.74. The topological polar surface area (TPSA) is 87.7 Å². The van der Waals surface area contributed by atoms with E-state index in [1.165, 1.54) is 0 Å². The largest absolute Gasteiger partial charge is 0.497 e. The smallest absolute Gasteiger partial charge is 0.243 e. The van der Waals surface area contributed by atoms with E-state index >= 15 is 0 Å². The predicted octanol–water partition coefficient (Wildman–Crippen LogP) is 1.15. The highest BCUT2D eigenvalue weighted by Crippen LogP contribution is 2.27. The standard InChI is InChI=1S/C17H23N3O4/c1-3-17(23)20(13-6-7-13)11-16(22)18-10-15(21)19-12-4-8-14(24-2)9-5-12/h4-5,8-9,13H,3,6-7,10-11H2,1-2H3,(H,18,22)(H,19,21). The van der Waals surface area contributed by atoms with Crippen LogP contribution in [-0.2, 0) is 14.4 Å². The molecule has 3 amide bonds. The molecule has 0 aromatic heterocycles. The number of rotatable bonds is 8. The van der Waals surface area contributed by atoms with Crippen molar-refractivity contribution in [2.75, 3.05) is 25.5 Å². The van der Waals surface area contributed by atoms with E-state index in [2.05, 4.69) is 10.6 Å². The molecule has 1 saturated carbocycles. The predicted molar refractivity (Wildman–Crippen MR) is 89.7 cm³/mol. The Hall–Kier alpha value is -2.57. The number of benzene rings is 1. The van der Waals surface area contributed by atoms with Crippen LogP contribution in [0.3, 0.4) is 0 Å². The van der Waals surface area contributed by atoms with Crippen molar-refractivity contribution in [2.45, 2.75) is 32.2 Å². The molecule has 1 fully saturated rings. The van der Waals surface area contributed by atoms with E-state index in [-0.39, 0.29) is 36.9 Å². The fourth-order valence-corrected chi connectivity index (χ4v) is 2.28. The minimum Gasteiger partial charge on any atom is -0.497 e. The Balaban J connectivity index is 1.75. The Morgan fingerprint density at radius 2 is 1.83 bits per heavy atom. The summed E-state index contributed by atoms with van der Waals surface area (Å²) >= 11 is 0. The molecule has 1 aromatic carbocycles. The Morgan fingerprint density at radius 3 is 2.38 bits per heavy atom. The third-order valence-corrected chi connectivity index (χ3v) is 3.74. The number of nitrogens with one attached hydrogen (secondary N) is 2. The second kappa shape index (κ2) is 8.33. The second-order valence-corrected chi connectivity index (χ2v) is 5.66. The number of anilines is 1. The zero-order valence-corrected chi connectivity index (χ0v) is 14.0. The number of carbonyl (C=O) groups excluding carboxylic acids is 3. The van der Waals surface area contributed by atoms with Crippen molar-refractivity contribution in [2.24, 2.45) is 0 Å². The molecule has 0 bridgehead atoms.